The van der Waals surface area contributed by atoms with E-state index in [1.165, 1.54) is 0 Å². The van der Waals surface area contributed by atoms with Crippen LogP contribution < -0.4 is 5.73 Å². The molecule has 1 aromatic carbocycles. The maximum atomic E-state index is 12.6. The average molecular weight is 243 g/mol. The SMILES string of the molecule is Nc1cc(F)cc(S(=O)(=O)C(F)(F)F)c1. The quantitative estimate of drug-likeness (QED) is 0.603. The summed E-state index contributed by atoms with van der Waals surface area (Å²) in [6.07, 6.45) is 0. The fourth-order valence-corrected chi connectivity index (χ4v) is 1.70. The van der Waals surface area contributed by atoms with Gasteiger partial charge >= 0.3 is 5.51 Å². The molecular formula is C7H5F4NO2S. The molecule has 0 aliphatic heterocycles. The van der Waals surface area contributed by atoms with E-state index < -0.39 is 31.7 Å². The summed E-state index contributed by atoms with van der Waals surface area (Å²) in [6.45, 7) is 0. The number of halogens is 4. The van der Waals surface area contributed by atoms with Gasteiger partial charge in [-0.15, -0.1) is 0 Å². The fraction of sp³-hybridized carbons (Fsp3) is 0.143. The third kappa shape index (κ3) is 2.20. The highest BCUT2D eigenvalue weighted by atomic mass is 32.2. The second-order valence-electron chi connectivity index (χ2n) is 2.67. The molecule has 0 aliphatic rings. The average Bonchev–Trinajstić information content (AvgIpc) is 1.99. The molecule has 1 rings (SSSR count). The van der Waals surface area contributed by atoms with Gasteiger partial charge in [0.15, 0.2) is 0 Å². The van der Waals surface area contributed by atoms with E-state index in [4.69, 9.17) is 5.73 Å². The number of hydrogen-bond donors (Lipinski definition) is 1. The van der Waals surface area contributed by atoms with Crippen molar-refractivity contribution >= 4 is 15.5 Å². The minimum Gasteiger partial charge on any atom is -0.399 e. The van der Waals surface area contributed by atoms with Crippen LogP contribution >= 0.6 is 0 Å². The lowest BCUT2D eigenvalue weighted by molar-refractivity contribution is -0.0436. The van der Waals surface area contributed by atoms with Crippen molar-refractivity contribution in [2.75, 3.05) is 5.73 Å². The van der Waals surface area contributed by atoms with E-state index >= 15 is 0 Å². The van der Waals surface area contributed by atoms with Gasteiger partial charge in [-0.05, 0) is 18.2 Å². The van der Waals surface area contributed by atoms with Gasteiger partial charge in [0, 0.05) is 5.69 Å². The van der Waals surface area contributed by atoms with E-state index in [1.54, 1.807) is 0 Å². The Morgan fingerprint density at radius 1 is 1.13 bits per heavy atom. The molecule has 0 saturated carbocycles. The Morgan fingerprint density at radius 3 is 2.07 bits per heavy atom. The fourth-order valence-electron chi connectivity index (χ4n) is 0.873. The van der Waals surface area contributed by atoms with Crippen LogP contribution in [0.15, 0.2) is 23.1 Å². The topological polar surface area (TPSA) is 60.2 Å². The minimum absolute atomic E-state index is 0.263. The number of alkyl halides is 3. The first kappa shape index (κ1) is 11.8. The van der Waals surface area contributed by atoms with Crippen LogP contribution in [0.4, 0.5) is 23.2 Å². The molecule has 0 bridgehead atoms. The second kappa shape index (κ2) is 3.37. The molecule has 0 unspecified atom stereocenters. The second-order valence-corrected chi connectivity index (χ2v) is 4.61. The Hall–Kier alpha value is -1.31. The number of benzene rings is 1. The molecule has 0 spiro atoms. The van der Waals surface area contributed by atoms with Gasteiger partial charge in [0.05, 0.1) is 4.90 Å². The molecule has 1 aromatic rings. The zero-order valence-electron chi connectivity index (χ0n) is 7.05. The van der Waals surface area contributed by atoms with E-state index in [0.29, 0.717) is 6.07 Å². The zero-order chi connectivity index (χ0) is 11.9. The molecule has 0 amide bonds. The van der Waals surface area contributed by atoms with E-state index in [-0.39, 0.29) is 6.07 Å². The lowest BCUT2D eigenvalue weighted by Crippen LogP contribution is -2.23. The number of hydrogen-bond acceptors (Lipinski definition) is 3. The monoisotopic (exact) mass is 243 g/mol. The summed E-state index contributed by atoms with van der Waals surface area (Å²) >= 11 is 0. The highest BCUT2D eigenvalue weighted by Gasteiger charge is 2.47. The Labute approximate surface area is 82.4 Å². The number of nitrogen functional groups attached to an aromatic ring is 1. The lowest BCUT2D eigenvalue weighted by atomic mass is 10.3. The van der Waals surface area contributed by atoms with E-state index in [1.807, 2.05) is 0 Å². The lowest BCUT2D eigenvalue weighted by Gasteiger charge is -2.08. The molecule has 2 N–H and O–H groups in total. The van der Waals surface area contributed by atoms with Crippen molar-refractivity contribution in [3.63, 3.8) is 0 Å². The van der Waals surface area contributed by atoms with Gasteiger partial charge in [0.1, 0.15) is 5.82 Å². The Balaban J connectivity index is 3.41. The van der Waals surface area contributed by atoms with Crippen LogP contribution in [0.25, 0.3) is 0 Å². The third-order valence-corrected chi connectivity index (χ3v) is 2.97. The Morgan fingerprint density at radius 2 is 1.67 bits per heavy atom. The normalized spacial score (nSPS) is 12.8. The summed E-state index contributed by atoms with van der Waals surface area (Å²) < 4.78 is 70.4. The van der Waals surface area contributed by atoms with Gasteiger partial charge in [-0.1, -0.05) is 0 Å². The summed E-state index contributed by atoms with van der Waals surface area (Å²) in [7, 11) is -5.54. The molecule has 0 radical (unpaired) electrons. The van der Waals surface area contributed by atoms with Crippen molar-refractivity contribution in [2.24, 2.45) is 0 Å². The van der Waals surface area contributed by atoms with Crippen LogP contribution in [0.5, 0.6) is 0 Å². The summed E-state index contributed by atoms with van der Waals surface area (Å²) in [5.41, 5.74) is -0.828. The Bertz CT molecular complexity index is 460. The van der Waals surface area contributed by atoms with Crippen molar-refractivity contribution in [1.82, 2.24) is 0 Å². The highest BCUT2D eigenvalue weighted by Crippen LogP contribution is 2.31. The van der Waals surface area contributed by atoms with Gasteiger partial charge in [-0.2, -0.15) is 13.2 Å². The maximum absolute atomic E-state index is 12.6. The summed E-state index contributed by atoms with van der Waals surface area (Å²) in [6, 6.07) is 1.53. The molecule has 0 heterocycles. The van der Waals surface area contributed by atoms with E-state index in [9.17, 15) is 26.0 Å². The van der Waals surface area contributed by atoms with Crippen molar-refractivity contribution in [2.45, 2.75) is 10.4 Å². The van der Waals surface area contributed by atoms with Gasteiger partial charge in [0.2, 0.25) is 0 Å². The van der Waals surface area contributed by atoms with Gasteiger partial charge < -0.3 is 5.73 Å². The van der Waals surface area contributed by atoms with Gasteiger partial charge in [-0.3, -0.25) is 0 Å². The first-order valence-corrected chi connectivity index (χ1v) is 5.00. The van der Waals surface area contributed by atoms with Crippen LogP contribution in [0.1, 0.15) is 0 Å². The summed E-state index contributed by atoms with van der Waals surface area (Å²) in [5.74, 6) is -1.14. The first-order chi connectivity index (χ1) is 6.64. The minimum atomic E-state index is -5.54. The van der Waals surface area contributed by atoms with Crippen molar-refractivity contribution in [3.8, 4) is 0 Å². The van der Waals surface area contributed by atoms with E-state index in [2.05, 4.69) is 0 Å². The predicted molar refractivity (Wildman–Crippen MR) is 44.1 cm³/mol. The van der Waals surface area contributed by atoms with Crippen LogP contribution in [-0.2, 0) is 9.84 Å². The van der Waals surface area contributed by atoms with Gasteiger partial charge in [0.25, 0.3) is 9.84 Å². The highest BCUT2D eigenvalue weighted by molar-refractivity contribution is 7.92. The molecule has 0 fully saturated rings. The third-order valence-electron chi connectivity index (χ3n) is 1.51. The summed E-state index contributed by atoms with van der Waals surface area (Å²) in [4.78, 5) is -1.20. The number of sulfone groups is 1. The number of nitrogens with two attached hydrogens (primary N) is 1. The Kier molecular flexibility index (Phi) is 2.64. The molecule has 0 saturated heterocycles. The zero-order valence-corrected chi connectivity index (χ0v) is 7.86. The number of anilines is 1. The smallest absolute Gasteiger partial charge is 0.399 e. The first-order valence-electron chi connectivity index (χ1n) is 3.52. The van der Waals surface area contributed by atoms with Crippen LogP contribution in [0.3, 0.4) is 0 Å². The van der Waals surface area contributed by atoms with Crippen LogP contribution in [0, 0.1) is 5.82 Å². The summed E-state index contributed by atoms with van der Waals surface area (Å²) in [5, 5.41) is 0. The molecule has 84 valence electrons. The molecule has 0 atom stereocenters. The van der Waals surface area contributed by atoms with Crippen LogP contribution in [-0.4, -0.2) is 13.9 Å². The van der Waals surface area contributed by atoms with Crippen molar-refractivity contribution < 1.29 is 26.0 Å². The van der Waals surface area contributed by atoms with Crippen molar-refractivity contribution in [1.29, 1.82) is 0 Å². The molecule has 8 heteroatoms. The largest absolute Gasteiger partial charge is 0.501 e. The maximum Gasteiger partial charge on any atom is 0.501 e. The standard InChI is InChI=1S/C7H5F4NO2S/c8-4-1-5(12)3-6(2-4)15(13,14)7(9,10)11/h1-3H,12H2. The predicted octanol–water partition coefficient (Wildman–Crippen LogP) is 1.70. The molecular weight excluding hydrogens is 238 g/mol. The van der Waals surface area contributed by atoms with Crippen LogP contribution in [0.2, 0.25) is 0 Å². The molecule has 3 nitrogen and oxygen atoms in total. The molecule has 0 aliphatic carbocycles. The van der Waals surface area contributed by atoms with E-state index in [0.717, 1.165) is 6.07 Å². The molecule has 15 heavy (non-hydrogen) atoms. The van der Waals surface area contributed by atoms with Crippen molar-refractivity contribution in [3.05, 3.63) is 24.0 Å². The van der Waals surface area contributed by atoms with Gasteiger partial charge in [-0.25, -0.2) is 12.8 Å². The number of rotatable bonds is 1. The molecule has 0 aromatic heterocycles.